The highest BCUT2D eigenvalue weighted by Crippen LogP contribution is 2.44. The number of nitrogens with zero attached hydrogens (tertiary/aromatic N) is 1. The monoisotopic (exact) mass is 518 g/mol. The van der Waals surface area contributed by atoms with Gasteiger partial charge in [-0.25, -0.2) is 4.79 Å². The lowest BCUT2D eigenvalue weighted by atomic mass is 9.69. The summed E-state index contributed by atoms with van der Waals surface area (Å²) >= 11 is 0. The molecule has 0 bridgehead atoms. The number of anilines is 1. The molecule has 2 unspecified atom stereocenters. The maximum Gasteiger partial charge on any atom is 0.321 e. The number of urea groups is 1. The Hall–Kier alpha value is -4.40. The normalized spacial score (nSPS) is 20.1. The van der Waals surface area contributed by atoms with Gasteiger partial charge in [0.1, 0.15) is 16.9 Å². The number of benzene rings is 3. The molecule has 0 aliphatic carbocycles. The molecule has 2 amide bonds. The van der Waals surface area contributed by atoms with Crippen LogP contribution >= 0.6 is 0 Å². The van der Waals surface area contributed by atoms with E-state index in [2.05, 4.69) is 5.32 Å². The molecule has 5 rings (SSSR count). The summed E-state index contributed by atoms with van der Waals surface area (Å²) in [5.41, 5.74) is 0.748. The van der Waals surface area contributed by atoms with Crippen molar-refractivity contribution in [1.29, 1.82) is 0 Å². The molecule has 38 heavy (non-hydrogen) atoms. The fourth-order valence-corrected chi connectivity index (χ4v) is 5.15. The number of hydrogen-bond donors (Lipinski definition) is 2. The van der Waals surface area contributed by atoms with Gasteiger partial charge in [-0.1, -0.05) is 18.2 Å². The standard InChI is InChI=1S/C29H30N2O7/c1-3-36-24-11-7-22(8-12-24)30-28(34)31-16-20(19-4-13-25-26(14-19)38-18-37-25)15-29(17-31,27(32)33)21-5-9-23(35-2)10-6-21/h4-14,20H,3,15-18H2,1-2H3,(H,30,34)(H,32,33). The van der Waals surface area contributed by atoms with Crippen molar-refractivity contribution >= 4 is 17.7 Å². The van der Waals surface area contributed by atoms with Crippen LogP contribution in [0.2, 0.25) is 0 Å². The SMILES string of the molecule is CCOc1ccc(NC(=O)N2CC(c3ccc4c(c3)OCO4)CC(C(=O)O)(c3ccc(OC)cc3)C2)cc1. The predicted octanol–water partition coefficient (Wildman–Crippen LogP) is 4.87. The van der Waals surface area contributed by atoms with Gasteiger partial charge in [0, 0.05) is 24.7 Å². The molecule has 198 valence electrons. The summed E-state index contributed by atoms with van der Waals surface area (Å²) in [7, 11) is 1.56. The number of likely N-dealkylation sites (tertiary alicyclic amines) is 1. The number of carboxylic acids is 1. The van der Waals surface area contributed by atoms with E-state index in [0.717, 1.165) is 5.56 Å². The van der Waals surface area contributed by atoms with Gasteiger partial charge in [-0.3, -0.25) is 4.79 Å². The fourth-order valence-electron chi connectivity index (χ4n) is 5.15. The van der Waals surface area contributed by atoms with E-state index in [1.807, 2.05) is 25.1 Å². The molecule has 0 radical (unpaired) electrons. The van der Waals surface area contributed by atoms with Crippen molar-refractivity contribution in [2.45, 2.75) is 24.7 Å². The number of hydrogen-bond acceptors (Lipinski definition) is 6. The minimum absolute atomic E-state index is 0.0125. The molecule has 3 aromatic rings. The molecule has 0 spiro atoms. The van der Waals surface area contributed by atoms with Crippen LogP contribution < -0.4 is 24.3 Å². The molecule has 2 aliphatic heterocycles. The van der Waals surface area contributed by atoms with Gasteiger partial charge in [-0.15, -0.1) is 0 Å². The lowest BCUT2D eigenvalue weighted by molar-refractivity contribution is -0.146. The average molecular weight is 519 g/mol. The summed E-state index contributed by atoms with van der Waals surface area (Å²) < 4.78 is 21.8. The van der Waals surface area contributed by atoms with E-state index in [9.17, 15) is 14.7 Å². The van der Waals surface area contributed by atoms with Crippen LogP contribution in [0.15, 0.2) is 66.7 Å². The number of piperidine rings is 1. The van der Waals surface area contributed by atoms with Crippen molar-refractivity contribution in [1.82, 2.24) is 4.90 Å². The molecule has 2 aliphatic rings. The topological polar surface area (TPSA) is 107 Å². The number of ether oxygens (including phenoxy) is 4. The number of rotatable bonds is 7. The van der Waals surface area contributed by atoms with E-state index in [1.165, 1.54) is 0 Å². The predicted molar refractivity (Wildman–Crippen MR) is 140 cm³/mol. The van der Waals surface area contributed by atoms with E-state index in [-0.39, 0.29) is 25.3 Å². The first-order valence-electron chi connectivity index (χ1n) is 12.5. The van der Waals surface area contributed by atoms with Crippen molar-refractivity contribution in [3.8, 4) is 23.0 Å². The quantitative estimate of drug-likeness (QED) is 0.460. The van der Waals surface area contributed by atoms with Crippen LogP contribution in [0.4, 0.5) is 10.5 Å². The number of carbonyl (C=O) groups excluding carboxylic acids is 1. The van der Waals surface area contributed by atoms with Crippen molar-refractivity contribution in [3.05, 3.63) is 77.9 Å². The summed E-state index contributed by atoms with van der Waals surface area (Å²) in [5, 5.41) is 13.5. The molecule has 1 saturated heterocycles. The van der Waals surface area contributed by atoms with E-state index in [0.29, 0.717) is 53.8 Å². The van der Waals surface area contributed by atoms with E-state index in [4.69, 9.17) is 18.9 Å². The summed E-state index contributed by atoms with van der Waals surface area (Å²) in [6.07, 6.45) is 0.307. The zero-order chi connectivity index (χ0) is 26.7. The Morgan fingerprint density at radius 2 is 1.74 bits per heavy atom. The van der Waals surface area contributed by atoms with Crippen molar-refractivity contribution < 1.29 is 33.6 Å². The van der Waals surface area contributed by atoms with Crippen molar-refractivity contribution in [2.75, 3.05) is 38.9 Å². The van der Waals surface area contributed by atoms with Crippen LogP contribution in [0.5, 0.6) is 23.0 Å². The number of aliphatic carboxylic acids is 1. The smallest absolute Gasteiger partial charge is 0.321 e. The summed E-state index contributed by atoms with van der Waals surface area (Å²) in [6.45, 7) is 2.95. The Morgan fingerprint density at radius 1 is 1.03 bits per heavy atom. The minimum Gasteiger partial charge on any atom is -0.497 e. The number of amides is 2. The second-order valence-corrected chi connectivity index (χ2v) is 9.40. The van der Waals surface area contributed by atoms with Crippen LogP contribution in [0, 0.1) is 0 Å². The highest BCUT2D eigenvalue weighted by Gasteiger charge is 2.49. The molecule has 3 aromatic carbocycles. The Bertz CT molecular complexity index is 1310. The second kappa shape index (κ2) is 10.5. The largest absolute Gasteiger partial charge is 0.497 e. The Kier molecular flexibility index (Phi) is 7.00. The second-order valence-electron chi connectivity index (χ2n) is 9.40. The molecular weight excluding hydrogens is 488 g/mol. The van der Waals surface area contributed by atoms with Gasteiger partial charge in [0.25, 0.3) is 0 Å². The first-order chi connectivity index (χ1) is 18.4. The third kappa shape index (κ3) is 4.91. The van der Waals surface area contributed by atoms with Crippen molar-refractivity contribution in [2.24, 2.45) is 0 Å². The molecule has 1 fully saturated rings. The van der Waals surface area contributed by atoms with Gasteiger partial charge >= 0.3 is 12.0 Å². The van der Waals surface area contributed by atoms with Gasteiger partial charge in [-0.05, 0) is 73.0 Å². The molecular formula is C29H30N2O7. The van der Waals surface area contributed by atoms with Crippen molar-refractivity contribution in [3.63, 3.8) is 0 Å². The van der Waals surface area contributed by atoms with Crippen LogP contribution in [-0.4, -0.2) is 55.6 Å². The van der Waals surface area contributed by atoms with E-state index < -0.39 is 11.4 Å². The van der Waals surface area contributed by atoms with Crippen LogP contribution in [0.25, 0.3) is 0 Å². The molecule has 2 atom stereocenters. The molecule has 2 N–H and O–H groups in total. The van der Waals surface area contributed by atoms with Crippen LogP contribution in [-0.2, 0) is 10.2 Å². The van der Waals surface area contributed by atoms with Gasteiger partial charge < -0.3 is 34.3 Å². The number of carboxylic acid groups (broad SMARTS) is 1. The fraction of sp³-hybridized carbons (Fsp3) is 0.310. The summed E-state index contributed by atoms with van der Waals surface area (Å²) in [5.74, 6) is 1.34. The molecule has 0 saturated carbocycles. The number of carbonyl (C=O) groups is 2. The Balaban J connectivity index is 1.48. The average Bonchev–Trinajstić information content (AvgIpc) is 3.42. The lowest BCUT2D eigenvalue weighted by Gasteiger charge is -2.44. The molecule has 9 nitrogen and oxygen atoms in total. The number of nitrogens with one attached hydrogen (secondary N) is 1. The van der Waals surface area contributed by atoms with E-state index >= 15 is 0 Å². The maximum atomic E-state index is 13.5. The van der Waals surface area contributed by atoms with Gasteiger partial charge in [0.15, 0.2) is 11.5 Å². The zero-order valence-corrected chi connectivity index (χ0v) is 21.3. The Labute approximate surface area is 220 Å². The third-order valence-electron chi connectivity index (χ3n) is 7.12. The molecule has 0 aromatic heterocycles. The molecule has 9 heteroatoms. The first-order valence-corrected chi connectivity index (χ1v) is 12.5. The minimum atomic E-state index is -1.33. The highest BCUT2D eigenvalue weighted by atomic mass is 16.7. The Morgan fingerprint density at radius 3 is 2.42 bits per heavy atom. The van der Waals surface area contributed by atoms with Gasteiger partial charge in [0.05, 0.1) is 13.7 Å². The van der Waals surface area contributed by atoms with Crippen LogP contribution in [0.3, 0.4) is 0 Å². The van der Waals surface area contributed by atoms with Gasteiger partial charge in [-0.2, -0.15) is 0 Å². The first kappa shape index (κ1) is 25.3. The summed E-state index contributed by atoms with van der Waals surface area (Å²) in [6, 6.07) is 19.3. The lowest BCUT2D eigenvalue weighted by Crippen LogP contribution is -2.55. The summed E-state index contributed by atoms with van der Waals surface area (Å²) in [4.78, 5) is 28.1. The zero-order valence-electron chi connectivity index (χ0n) is 21.3. The van der Waals surface area contributed by atoms with Gasteiger partial charge in [0.2, 0.25) is 6.79 Å². The maximum absolute atomic E-state index is 13.5. The van der Waals surface area contributed by atoms with E-state index in [1.54, 1.807) is 60.5 Å². The third-order valence-corrected chi connectivity index (χ3v) is 7.12. The van der Waals surface area contributed by atoms with Crippen LogP contribution in [0.1, 0.15) is 30.4 Å². The molecule has 2 heterocycles. The number of methoxy groups -OCH3 is 1. The number of fused-ring (bicyclic) bond motifs is 1. The highest BCUT2D eigenvalue weighted by molar-refractivity contribution is 5.91.